The van der Waals surface area contributed by atoms with Crippen LogP contribution in [-0.4, -0.2) is 30.2 Å². The SMILES string of the molecule is CCOc1n[nH]c(NS(=O)(=O)c2ccc(C#N)s2)n1. The standard InChI is InChI=1S/C9H9N5O3S2/c1-2-17-9-11-8(12-13-9)14-19(15,16)7-4-3-6(5-10)18-7/h3-4H,2H2,1H3,(H2,11,12,13,14). The molecule has 0 saturated carbocycles. The molecule has 0 aliphatic heterocycles. The Labute approximate surface area is 113 Å². The average Bonchev–Trinajstić information content (AvgIpc) is 2.98. The summed E-state index contributed by atoms with van der Waals surface area (Å²) >= 11 is 0.871. The van der Waals surface area contributed by atoms with Crippen LogP contribution in [0.25, 0.3) is 0 Å². The van der Waals surface area contributed by atoms with E-state index in [2.05, 4.69) is 19.9 Å². The summed E-state index contributed by atoms with van der Waals surface area (Å²) in [5.74, 6) is -0.0460. The van der Waals surface area contributed by atoms with Crippen LogP contribution in [0.1, 0.15) is 11.8 Å². The van der Waals surface area contributed by atoms with Gasteiger partial charge < -0.3 is 4.74 Å². The number of sulfonamides is 1. The van der Waals surface area contributed by atoms with Gasteiger partial charge in [0.15, 0.2) is 0 Å². The number of H-pyrrole nitrogens is 1. The molecule has 100 valence electrons. The van der Waals surface area contributed by atoms with E-state index in [1.54, 1.807) is 6.92 Å². The second-order valence-electron chi connectivity index (χ2n) is 3.24. The van der Waals surface area contributed by atoms with E-state index in [0.29, 0.717) is 11.5 Å². The number of aromatic nitrogens is 3. The van der Waals surface area contributed by atoms with E-state index in [0.717, 1.165) is 11.3 Å². The Morgan fingerprint density at radius 3 is 3.00 bits per heavy atom. The summed E-state index contributed by atoms with van der Waals surface area (Å²) in [7, 11) is -3.78. The van der Waals surface area contributed by atoms with E-state index < -0.39 is 10.0 Å². The Kier molecular flexibility index (Phi) is 3.68. The Morgan fingerprint density at radius 2 is 2.37 bits per heavy atom. The molecule has 0 amide bonds. The van der Waals surface area contributed by atoms with Gasteiger partial charge in [-0.1, -0.05) is 0 Å². The van der Waals surface area contributed by atoms with Gasteiger partial charge in [0.05, 0.1) is 6.61 Å². The number of nitriles is 1. The van der Waals surface area contributed by atoms with Crippen LogP contribution in [0, 0.1) is 11.3 Å². The van der Waals surface area contributed by atoms with E-state index in [9.17, 15) is 8.42 Å². The summed E-state index contributed by atoms with van der Waals surface area (Å²) in [6.07, 6.45) is 0. The lowest BCUT2D eigenvalue weighted by Crippen LogP contribution is -2.12. The minimum Gasteiger partial charge on any atom is -0.463 e. The number of nitrogens with one attached hydrogen (secondary N) is 2. The lowest BCUT2D eigenvalue weighted by atomic mass is 10.5. The summed E-state index contributed by atoms with van der Waals surface area (Å²) in [6.45, 7) is 2.13. The third kappa shape index (κ3) is 3.01. The number of hydrogen-bond donors (Lipinski definition) is 2. The summed E-state index contributed by atoms with van der Waals surface area (Å²) in [6, 6.07) is 4.72. The molecule has 0 radical (unpaired) electrons. The van der Waals surface area contributed by atoms with Crippen LogP contribution < -0.4 is 9.46 Å². The summed E-state index contributed by atoms with van der Waals surface area (Å²) < 4.78 is 31.2. The molecule has 0 aliphatic rings. The molecule has 2 aromatic heterocycles. The molecule has 0 aromatic carbocycles. The molecule has 10 heteroatoms. The molecular formula is C9H9N5O3S2. The van der Waals surface area contributed by atoms with Crippen LogP contribution in [0.4, 0.5) is 5.95 Å². The summed E-state index contributed by atoms with van der Waals surface area (Å²) in [5.41, 5.74) is 0. The number of anilines is 1. The number of nitrogens with zero attached hydrogens (tertiary/aromatic N) is 3. The van der Waals surface area contributed by atoms with Gasteiger partial charge in [0.1, 0.15) is 15.2 Å². The monoisotopic (exact) mass is 299 g/mol. The highest BCUT2D eigenvalue weighted by Crippen LogP contribution is 2.22. The molecule has 19 heavy (non-hydrogen) atoms. The molecule has 2 aromatic rings. The van der Waals surface area contributed by atoms with Gasteiger partial charge >= 0.3 is 6.01 Å². The molecule has 2 heterocycles. The number of ether oxygens (including phenoxy) is 1. The maximum absolute atomic E-state index is 12.0. The van der Waals surface area contributed by atoms with Crippen molar-refractivity contribution in [3.63, 3.8) is 0 Å². The van der Waals surface area contributed by atoms with Gasteiger partial charge in [-0.15, -0.1) is 16.4 Å². The lowest BCUT2D eigenvalue weighted by Gasteiger charge is -2.00. The predicted octanol–water partition coefficient (Wildman–Crippen LogP) is 0.937. The van der Waals surface area contributed by atoms with Crippen LogP contribution >= 0.6 is 11.3 Å². The summed E-state index contributed by atoms with van der Waals surface area (Å²) in [5, 5.41) is 14.7. The molecule has 0 atom stereocenters. The third-order valence-electron chi connectivity index (χ3n) is 1.93. The van der Waals surface area contributed by atoms with Crippen molar-refractivity contribution >= 4 is 27.3 Å². The highest BCUT2D eigenvalue weighted by molar-refractivity contribution is 7.94. The number of thiophene rings is 1. The quantitative estimate of drug-likeness (QED) is 0.847. The van der Waals surface area contributed by atoms with Crippen molar-refractivity contribution < 1.29 is 13.2 Å². The molecule has 2 N–H and O–H groups in total. The van der Waals surface area contributed by atoms with Crippen molar-refractivity contribution in [1.29, 1.82) is 5.26 Å². The smallest absolute Gasteiger partial charge is 0.337 e. The Bertz CT molecular complexity index is 712. The lowest BCUT2D eigenvalue weighted by molar-refractivity contribution is 0.314. The molecular weight excluding hydrogens is 290 g/mol. The zero-order valence-electron chi connectivity index (χ0n) is 9.74. The van der Waals surface area contributed by atoms with Crippen LogP contribution in [0.2, 0.25) is 0 Å². The second-order valence-corrected chi connectivity index (χ2v) is 6.23. The van der Waals surface area contributed by atoms with Crippen molar-refractivity contribution in [1.82, 2.24) is 15.2 Å². The van der Waals surface area contributed by atoms with Gasteiger partial charge in [-0.2, -0.15) is 10.2 Å². The van der Waals surface area contributed by atoms with Crippen LogP contribution in [-0.2, 0) is 10.0 Å². The minimum atomic E-state index is -3.78. The second kappa shape index (κ2) is 5.25. The fourth-order valence-electron chi connectivity index (χ4n) is 1.19. The Hall–Kier alpha value is -2.12. The van der Waals surface area contributed by atoms with Crippen molar-refractivity contribution in [2.45, 2.75) is 11.1 Å². The largest absolute Gasteiger partial charge is 0.463 e. The number of hydrogen-bond acceptors (Lipinski definition) is 7. The molecule has 2 rings (SSSR count). The van der Waals surface area contributed by atoms with Crippen LogP contribution in [0.5, 0.6) is 6.01 Å². The van der Waals surface area contributed by atoms with Crippen molar-refractivity contribution in [3.05, 3.63) is 17.0 Å². The maximum atomic E-state index is 12.0. The van der Waals surface area contributed by atoms with E-state index >= 15 is 0 Å². The van der Waals surface area contributed by atoms with E-state index in [1.165, 1.54) is 12.1 Å². The number of aromatic amines is 1. The molecule has 0 bridgehead atoms. The molecule has 0 saturated heterocycles. The van der Waals surface area contributed by atoms with Gasteiger partial charge in [-0.05, 0) is 19.1 Å². The van der Waals surface area contributed by atoms with Crippen molar-refractivity contribution in [2.75, 3.05) is 11.3 Å². The molecule has 0 fully saturated rings. The fraction of sp³-hybridized carbons (Fsp3) is 0.222. The molecule has 8 nitrogen and oxygen atoms in total. The van der Waals surface area contributed by atoms with Gasteiger partial charge in [0.25, 0.3) is 10.0 Å². The van der Waals surface area contributed by atoms with Gasteiger partial charge in [0, 0.05) is 0 Å². The molecule has 0 unspecified atom stereocenters. The first-order valence-corrected chi connectivity index (χ1v) is 7.43. The highest BCUT2D eigenvalue weighted by atomic mass is 32.2. The topological polar surface area (TPSA) is 121 Å². The maximum Gasteiger partial charge on any atom is 0.337 e. The van der Waals surface area contributed by atoms with Crippen LogP contribution in [0.15, 0.2) is 16.3 Å². The first-order valence-electron chi connectivity index (χ1n) is 5.13. The van der Waals surface area contributed by atoms with Gasteiger partial charge in [-0.25, -0.2) is 18.2 Å². The van der Waals surface area contributed by atoms with Crippen molar-refractivity contribution in [2.24, 2.45) is 0 Å². The Morgan fingerprint density at radius 1 is 1.58 bits per heavy atom. The van der Waals surface area contributed by atoms with Gasteiger partial charge in [0.2, 0.25) is 5.95 Å². The zero-order chi connectivity index (χ0) is 13.9. The Balaban J connectivity index is 2.18. The van der Waals surface area contributed by atoms with Crippen LogP contribution in [0.3, 0.4) is 0 Å². The predicted molar refractivity (Wildman–Crippen MR) is 67.4 cm³/mol. The normalized spacial score (nSPS) is 10.9. The van der Waals surface area contributed by atoms with E-state index in [1.807, 2.05) is 6.07 Å². The first-order chi connectivity index (χ1) is 9.05. The summed E-state index contributed by atoms with van der Waals surface area (Å²) in [4.78, 5) is 4.11. The highest BCUT2D eigenvalue weighted by Gasteiger charge is 2.19. The van der Waals surface area contributed by atoms with E-state index in [-0.39, 0.29) is 16.2 Å². The minimum absolute atomic E-state index is 0.0263. The third-order valence-corrected chi connectivity index (χ3v) is 4.75. The van der Waals surface area contributed by atoms with E-state index in [4.69, 9.17) is 10.00 Å². The zero-order valence-corrected chi connectivity index (χ0v) is 11.4. The molecule has 0 aliphatic carbocycles. The number of rotatable bonds is 5. The van der Waals surface area contributed by atoms with Crippen molar-refractivity contribution in [3.8, 4) is 12.1 Å². The molecule has 0 spiro atoms. The fourth-order valence-corrected chi connectivity index (χ4v) is 3.25. The average molecular weight is 299 g/mol. The first kappa shape index (κ1) is 13.3. The van der Waals surface area contributed by atoms with Gasteiger partial charge in [-0.3, -0.25) is 0 Å².